The predicted molar refractivity (Wildman–Crippen MR) is 116 cm³/mol. The molecule has 5 nitrogen and oxygen atoms in total. The number of halogens is 1. The molecule has 0 atom stereocenters. The van der Waals surface area contributed by atoms with Gasteiger partial charge in [0.1, 0.15) is 5.75 Å². The van der Waals surface area contributed by atoms with Crippen molar-refractivity contribution in [2.45, 2.75) is 39.0 Å². The maximum Gasteiger partial charge on any atom is 0.255 e. The Morgan fingerprint density at radius 1 is 1.07 bits per heavy atom. The maximum atomic E-state index is 12.9. The summed E-state index contributed by atoms with van der Waals surface area (Å²) in [4.78, 5) is 27.3. The van der Waals surface area contributed by atoms with Crippen LogP contribution in [0, 0.1) is 0 Å². The van der Waals surface area contributed by atoms with Gasteiger partial charge < -0.3 is 15.0 Å². The van der Waals surface area contributed by atoms with Gasteiger partial charge in [0.05, 0.1) is 17.9 Å². The molecule has 0 radical (unpaired) electrons. The van der Waals surface area contributed by atoms with Crippen LogP contribution in [0.25, 0.3) is 0 Å². The van der Waals surface area contributed by atoms with Gasteiger partial charge in [0.25, 0.3) is 5.91 Å². The van der Waals surface area contributed by atoms with Crippen molar-refractivity contribution in [3.63, 3.8) is 0 Å². The van der Waals surface area contributed by atoms with Gasteiger partial charge in [-0.25, -0.2) is 0 Å². The molecule has 1 heterocycles. The van der Waals surface area contributed by atoms with Crippen LogP contribution < -0.4 is 10.1 Å². The Kier molecular flexibility index (Phi) is 7.53. The summed E-state index contributed by atoms with van der Waals surface area (Å²) in [5, 5.41) is 3.37. The number of rotatable bonds is 7. The molecule has 0 aromatic heterocycles. The van der Waals surface area contributed by atoms with E-state index in [1.165, 1.54) is 0 Å². The molecule has 1 saturated heterocycles. The lowest BCUT2D eigenvalue weighted by atomic mass is 10.1. The average molecular weight is 415 g/mol. The van der Waals surface area contributed by atoms with E-state index in [1.807, 2.05) is 36.1 Å². The van der Waals surface area contributed by atoms with Gasteiger partial charge in [-0.05, 0) is 68.5 Å². The topological polar surface area (TPSA) is 58.6 Å². The lowest BCUT2D eigenvalue weighted by Gasteiger charge is -2.27. The lowest BCUT2D eigenvalue weighted by molar-refractivity contribution is -0.116. The Hall–Kier alpha value is -2.53. The molecule has 154 valence electrons. The van der Waals surface area contributed by atoms with Crippen molar-refractivity contribution in [1.29, 1.82) is 0 Å². The summed E-state index contributed by atoms with van der Waals surface area (Å²) in [5.41, 5.74) is 2.02. The van der Waals surface area contributed by atoms with Crippen molar-refractivity contribution in [2.75, 3.05) is 25.0 Å². The van der Waals surface area contributed by atoms with Crippen LogP contribution in [-0.4, -0.2) is 36.4 Å². The second-order valence-electron chi connectivity index (χ2n) is 7.17. The summed E-state index contributed by atoms with van der Waals surface area (Å²) in [5.74, 6) is 0.623. The van der Waals surface area contributed by atoms with Crippen LogP contribution in [0.4, 0.5) is 5.69 Å². The van der Waals surface area contributed by atoms with Crippen molar-refractivity contribution in [3.05, 3.63) is 58.6 Å². The quantitative estimate of drug-likeness (QED) is 0.698. The number of anilines is 1. The Bertz CT molecular complexity index is 846. The van der Waals surface area contributed by atoms with Gasteiger partial charge >= 0.3 is 0 Å². The molecule has 1 aliphatic rings. The number of hydrogen-bond donors (Lipinski definition) is 1. The highest BCUT2D eigenvalue weighted by molar-refractivity contribution is 6.31. The Labute approximate surface area is 177 Å². The van der Waals surface area contributed by atoms with Crippen LogP contribution in [-0.2, 0) is 11.2 Å². The highest BCUT2D eigenvalue weighted by Gasteiger charge is 2.21. The van der Waals surface area contributed by atoms with Crippen LogP contribution in [0.1, 0.15) is 48.5 Å². The van der Waals surface area contributed by atoms with Crippen LogP contribution >= 0.6 is 11.6 Å². The molecule has 2 amide bonds. The first kappa shape index (κ1) is 21.2. The van der Waals surface area contributed by atoms with E-state index in [-0.39, 0.29) is 11.8 Å². The van der Waals surface area contributed by atoms with Crippen LogP contribution in [0.3, 0.4) is 0 Å². The zero-order valence-corrected chi connectivity index (χ0v) is 17.5. The van der Waals surface area contributed by atoms with Gasteiger partial charge in [-0.3, -0.25) is 9.59 Å². The fourth-order valence-electron chi connectivity index (χ4n) is 3.46. The number of carbonyl (C=O) groups is 2. The standard InChI is InChI=1S/C23H27ClN2O3/c1-2-29-19-10-6-17(7-11-19)8-13-22(27)25-21-16-18(24)9-12-20(21)23(28)26-14-4-3-5-15-26/h6-7,9-12,16H,2-5,8,13-15H2,1H3,(H,25,27). The number of piperidine rings is 1. The molecule has 1 N–H and O–H groups in total. The van der Waals surface area contributed by atoms with Gasteiger partial charge in [-0.1, -0.05) is 23.7 Å². The molecule has 29 heavy (non-hydrogen) atoms. The third kappa shape index (κ3) is 5.97. The maximum absolute atomic E-state index is 12.9. The molecule has 2 aromatic carbocycles. The van der Waals surface area contributed by atoms with Crippen molar-refractivity contribution >= 4 is 29.1 Å². The van der Waals surface area contributed by atoms with Gasteiger partial charge in [0.15, 0.2) is 0 Å². The zero-order valence-electron chi connectivity index (χ0n) is 16.7. The number of ether oxygens (including phenoxy) is 1. The van der Waals surface area contributed by atoms with E-state index in [0.717, 1.165) is 43.7 Å². The second-order valence-corrected chi connectivity index (χ2v) is 7.60. The minimum atomic E-state index is -0.145. The van der Waals surface area contributed by atoms with Gasteiger partial charge in [0, 0.05) is 24.5 Å². The molecule has 1 fully saturated rings. The van der Waals surface area contributed by atoms with E-state index in [1.54, 1.807) is 18.2 Å². The number of amides is 2. The molecular weight excluding hydrogens is 388 g/mol. The third-order valence-corrected chi connectivity index (χ3v) is 5.24. The molecule has 2 aromatic rings. The fourth-order valence-corrected chi connectivity index (χ4v) is 3.64. The summed E-state index contributed by atoms with van der Waals surface area (Å²) < 4.78 is 5.43. The molecule has 0 aliphatic carbocycles. The number of likely N-dealkylation sites (tertiary alicyclic amines) is 1. The second kappa shape index (κ2) is 10.3. The number of hydrogen-bond acceptors (Lipinski definition) is 3. The van der Waals surface area contributed by atoms with Crippen molar-refractivity contribution in [3.8, 4) is 5.75 Å². The molecule has 3 rings (SSSR count). The van der Waals surface area contributed by atoms with E-state index < -0.39 is 0 Å². The predicted octanol–water partition coefficient (Wildman–Crippen LogP) is 4.94. The summed E-state index contributed by atoms with van der Waals surface area (Å²) in [6.07, 6.45) is 4.11. The van der Waals surface area contributed by atoms with Crippen LogP contribution in [0.5, 0.6) is 5.75 Å². The minimum absolute atomic E-state index is 0.0526. The fraction of sp³-hybridized carbons (Fsp3) is 0.391. The van der Waals surface area contributed by atoms with Crippen LogP contribution in [0.15, 0.2) is 42.5 Å². The molecular formula is C23H27ClN2O3. The molecule has 1 aliphatic heterocycles. The van der Waals surface area contributed by atoms with E-state index in [2.05, 4.69) is 5.32 Å². The number of nitrogens with one attached hydrogen (secondary N) is 1. The summed E-state index contributed by atoms with van der Waals surface area (Å²) in [7, 11) is 0. The lowest BCUT2D eigenvalue weighted by Crippen LogP contribution is -2.36. The van der Waals surface area contributed by atoms with Gasteiger partial charge in [-0.2, -0.15) is 0 Å². The highest BCUT2D eigenvalue weighted by atomic mass is 35.5. The first-order valence-corrected chi connectivity index (χ1v) is 10.5. The van der Waals surface area contributed by atoms with Crippen LogP contribution in [0.2, 0.25) is 5.02 Å². The Balaban J connectivity index is 1.63. The number of benzene rings is 2. The van der Waals surface area contributed by atoms with E-state index in [0.29, 0.717) is 35.7 Å². The molecule has 6 heteroatoms. The van der Waals surface area contributed by atoms with Crippen molar-refractivity contribution in [2.24, 2.45) is 0 Å². The SMILES string of the molecule is CCOc1ccc(CCC(=O)Nc2cc(Cl)ccc2C(=O)N2CCCCC2)cc1. The number of nitrogens with zero attached hydrogens (tertiary/aromatic N) is 1. The molecule has 0 spiro atoms. The summed E-state index contributed by atoms with van der Waals surface area (Å²) in [6, 6.07) is 12.8. The zero-order chi connectivity index (χ0) is 20.6. The average Bonchev–Trinajstić information content (AvgIpc) is 2.74. The monoisotopic (exact) mass is 414 g/mol. The van der Waals surface area contributed by atoms with Crippen molar-refractivity contribution < 1.29 is 14.3 Å². The van der Waals surface area contributed by atoms with E-state index >= 15 is 0 Å². The highest BCUT2D eigenvalue weighted by Crippen LogP contribution is 2.24. The molecule has 0 saturated carbocycles. The first-order chi connectivity index (χ1) is 14.1. The normalized spacial score (nSPS) is 13.8. The Morgan fingerprint density at radius 3 is 2.48 bits per heavy atom. The van der Waals surface area contributed by atoms with E-state index in [4.69, 9.17) is 16.3 Å². The minimum Gasteiger partial charge on any atom is -0.494 e. The molecule has 0 bridgehead atoms. The Morgan fingerprint density at radius 2 is 1.79 bits per heavy atom. The van der Waals surface area contributed by atoms with E-state index in [9.17, 15) is 9.59 Å². The first-order valence-electron chi connectivity index (χ1n) is 10.2. The smallest absolute Gasteiger partial charge is 0.255 e. The van der Waals surface area contributed by atoms with Crippen molar-refractivity contribution in [1.82, 2.24) is 4.90 Å². The molecule has 0 unspecified atom stereocenters. The third-order valence-electron chi connectivity index (χ3n) is 5.00. The van der Waals surface area contributed by atoms with Gasteiger partial charge in [-0.15, -0.1) is 0 Å². The summed E-state index contributed by atoms with van der Waals surface area (Å²) >= 11 is 6.12. The van der Waals surface area contributed by atoms with Gasteiger partial charge in [0.2, 0.25) is 5.91 Å². The largest absolute Gasteiger partial charge is 0.494 e. The number of carbonyl (C=O) groups excluding carboxylic acids is 2. The summed E-state index contributed by atoms with van der Waals surface area (Å²) in [6.45, 7) is 4.08. The number of aryl methyl sites for hydroxylation is 1.